The third kappa shape index (κ3) is 4.79. The molecule has 2 aromatic carbocycles. The lowest BCUT2D eigenvalue weighted by molar-refractivity contribution is -0.122. The highest BCUT2D eigenvalue weighted by Crippen LogP contribution is 2.30. The molecule has 1 unspecified atom stereocenters. The molecule has 4 rings (SSSR count). The van der Waals surface area contributed by atoms with Crippen LogP contribution in [-0.2, 0) is 11.3 Å². The van der Waals surface area contributed by atoms with Gasteiger partial charge in [0.2, 0.25) is 5.91 Å². The van der Waals surface area contributed by atoms with Crippen LogP contribution in [0.3, 0.4) is 0 Å². The highest BCUT2D eigenvalue weighted by Gasteiger charge is 2.16. The Bertz CT molecular complexity index is 1260. The fraction of sp³-hybridized carbons (Fsp3) is 0.240. The molecule has 0 radical (unpaired) electrons. The van der Waals surface area contributed by atoms with Crippen LogP contribution in [0, 0.1) is 6.92 Å². The lowest BCUT2D eigenvalue weighted by Gasteiger charge is -2.18. The number of aromatic nitrogens is 2. The van der Waals surface area contributed by atoms with Crippen molar-refractivity contribution >= 4 is 27.5 Å². The third-order valence-electron chi connectivity index (χ3n) is 5.46. The molecule has 32 heavy (non-hydrogen) atoms. The summed E-state index contributed by atoms with van der Waals surface area (Å²) in [5.41, 5.74) is 3.80. The summed E-state index contributed by atoms with van der Waals surface area (Å²) in [4.78, 5) is 30.9. The number of hydrogen-bond donors (Lipinski definition) is 2. The van der Waals surface area contributed by atoms with Gasteiger partial charge in [-0.1, -0.05) is 60.2 Å². The Labute approximate surface area is 190 Å². The number of rotatable bonds is 8. The van der Waals surface area contributed by atoms with Crippen molar-refractivity contribution in [2.75, 3.05) is 6.61 Å². The predicted octanol–water partition coefficient (Wildman–Crippen LogP) is 4.06. The molecule has 0 aliphatic heterocycles. The van der Waals surface area contributed by atoms with Crippen molar-refractivity contribution in [2.24, 2.45) is 0 Å². The third-order valence-corrected chi connectivity index (χ3v) is 6.34. The van der Waals surface area contributed by atoms with Crippen molar-refractivity contribution in [2.45, 2.75) is 32.4 Å². The summed E-state index contributed by atoms with van der Waals surface area (Å²) in [7, 11) is 0. The summed E-state index contributed by atoms with van der Waals surface area (Å²) in [5, 5.41) is 14.9. The molecule has 2 aromatic heterocycles. The van der Waals surface area contributed by atoms with E-state index in [1.165, 1.54) is 22.2 Å². The summed E-state index contributed by atoms with van der Waals surface area (Å²) < 4.78 is 1.50. The number of fused-ring (bicyclic) bond motifs is 1. The highest BCUT2D eigenvalue weighted by atomic mass is 32.1. The van der Waals surface area contributed by atoms with Crippen LogP contribution in [-0.4, -0.2) is 27.2 Å². The molecule has 0 spiro atoms. The Morgan fingerprint density at radius 2 is 1.91 bits per heavy atom. The van der Waals surface area contributed by atoms with Crippen molar-refractivity contribution in [1.82, 2.24) is 14.9 Å². The molecule has 0 saturated heterocycles. The van der Waals surface area contributed by atoms with Gasteiger partial charge in [0.1, 0.15) is 4.83 Å². The minimum atomic E-state index is -0.268. The smallest absolute Gasteiger partial charge is 0.262 e. The van der Waals surface area contributed by atoms with Crippen LogP contribution < -0.4 is 10.9 Å². The molecule has 0 fully saturated rings. The van der Waals surface area contributed by atoms with E-state index in [-0.39, 0.29) is 37.1 Å². The molecule has 0 bridgehead atoms. The van der Waals surface area contributed by atoms with E-state index in [1.54, 1.807) is 0 Å². The van der Waals surface area contributed by atoms with Crippen LogP contribution in [0.4, 0.5) is 0 Å². The van der Waals surface area contributed by atoms with Crippen molar-refractivity contribution in [3.8, 4) is 11.1 Å². The Morgan fingerprint density at radius 3 is 2.62 bits per heavy atom. The van der Waals surface area contributed by atoms with Crippen LogP contribution in [0.1, 0.15) is 30.0 Å². The minimum Gasteiger partial charge on any atom is -0.396 e. The van der Waals surface area contributed by atoms with E-state index < -0.39 is 0 Å². The molecule has 0 saturated carbocycles. The molecular weight excluding hydrogens is 422 g/mol. The first-order chi connectivity index (χ1) is 15.6. The van der Waals surface area contributed by atoms with E-state index in [0.29, 0.717) is 16.6 Å². The first-order valence-corrected chi connectivity index (χ1v) is 11.4. The minimum absolute atomic E-state index is 0.0279. The van der Waals surface area contributed by atoms with Gasteiger partial charge < -0.3 is 10.4 Å². The second-order valence-electron chi connectivity index (χ2n) is 7.73. The maximum Gasteiger partial charge on any atom is 0.262 e. The van der Waals surface area contributed by atoms with Crippen molar-refractivity contribution in [3.63, 3.8) is 0 Å². The SMILES string of the molecule is Cc1ccc(-c2csc3ncn(CCC(=O)NC(CCO)c4ccccc4)c(=O)c23)cc1. The van der Waals surface area contributed by atoms with E-state index in [1.807, 2.05) is 66.9 Å². The highest BCUT2D eigenvalue weighted by molar-refractivity contribution is 7.17. The Hall–Kier alpha value is -3.29. The summed E-state index contributed by atoms with van der Waals surface area (Å²) in [6.45, 7) is 2.23. The molecule has 1 atom stereocenters. The Morgan fingerprint density at radius 1 is 1.16 bits per heavy atom. The van der Waals surface area contributed by atoms with Gasteiger partial charge >= 0.3 is 0 Å². The molecule has 0 aliphatic rings. The number of carbonyl (C=O) groups excluding carboxylic acids is 1. The van der Waals surface area contributed by atoms with E-state index in [4.69, 9.17) is 0 Å². The maximum absolute atomic E-state index is 13.2. The van der Waals surface area contributed by atoms with Crippen LogP contribution in [0.5, 0.6) is 0 Å². The molecule has 7 heteroatoms. The molecule has 164 valence electrons. The lowest BCUT2D eigenvalue weighted by Crippen LogP contribution is -2.31. The van der Waals surface area contributed by atoms with Gasteiger partial charge in [-0.3, -0.25) is 14.2 Å². The predicted molar refractivity (Wildman–Crippen MR) is 128 cm³/mol. The number of aryl methyl sites for hydroxylation is 2. The molecule has 2 N–H and O–H groups in total. The van der Waals surface area contributed by atoms with E-state index >= 15 is 0 Å². The normalized spacial score (nSPS) is 12.1. The fourth-order valence-corrected chi connectivity index (χ4v) is 4.60. The van der Waals surface area contributed by atoms with E-state index in [0.717, 1.165) is 22.3 Å². The number of carbonyl (C=O) groups is 1. The number of benzene rings is 2. The summed E-state index contributed by atoms with van der Waals surface area (Å²) in [5.74, 6) is -0.177. The molecule has 1 amide bonds. The zero-order valence-electron chi connectivity index (χ0n) is 17.8. The van der Waals surface area contributed by atoms with Crippen LogP contribution in [0.15, 0.2) is 71.1 Å². The summed E-state index contributed by atoms with van der Waals surface area (Å²) >= 11 is 1.44. The Kier molecular flexibility index (Phi) is 6.78. The fourth-order valence-electron chi connectivity index (χ4n) is 3.70. The van der Waals surface area contributed by atoms with E-state index in [2.05, 4.69) is 10.3 Å². The number of hydrogen-bond acceptors (Lipinski definition) is 5. The largest absolute Gasteiger partial charge is 0.396 e. The lowest BCUT2D eigenvalue weighted by atomic mass is 10.0. The summed E-state index contributed by atoms with van der Waals surface area (Å²) in [6.07, 6.45) is 2.08. The van der Waals surface area contributed by atoms with Gasteiger partial charge in [-0.2, -0.15) is 0 Å². The molecular formula is C25H25N3O3S. The van der Waals surface area contributed by atoms with Gasteiger partial charge in [-0.05, 0) is 24.5 Å². The number of nitrogens with one attached hydrogen (secondary N) is 1. The zero-order valence-corrected chi connectivity index (χ0v) is 18.6. The van der Waals surface area contributed by atoms with Crippen molar-refractivity contribution in [1.29, 1.82) is 0 Å². The Balaban J connectivity index is 1.51. The average Bonchev–Trinajstić information content (AvgIpc) is 3.24. The van der Waals surface area contributed by atoms with Gasteiger partial charge in [-0.15, -0.1) is 11.3 Å². The maximum atomic E-state index is 13.2. The zero-order chi connectivity index (χ0) is 22.5. The monoisotopic (exact) mass is 447 g/mol. The van der Waals surface area contributed by atoms with Gasteiger partial charge in [-0.25, -0.2) is 4.98 Å². The number of aliphatic hydroxyl groups is 1. The van der Waals surface area contributed by atoms with Crippen LogP contribution >= 0.6 is 11.3 Å². The quantitative estimate of drug-likeness (QED) is 0.427. The first-order valence-electron chi connectivity index (χ1n) is 10.6. The van der Waals surface area contributed by atoms with Gasteiger partial charge in [0.25, 0.3) is 5.56 Å². The number of amides is 1. The number of thiophene rings is 1. The molecule has 6 nitrogen and oxygen atoms in total. The second kappa shape index (κ2) is 9.89. The van der Waals surface area contributed by atoms with Crippen LogP contribution in [0.2, 0.25) is 0 Å². The van der Waals surface area contributed by atoms with Gasteiger partial charge in [0.05, 0.1) is 17.8 Å². The van der Waals surface area contributed by atoms with Crippen molar-refractivity contribution < 1.29 is 9.90 Å². The molecule has 0 aliphatic carbocycles. The second-order valence-corrected chi connectivity index (χ2v) is 8.59. The topological polar surface area (TPSA) is 84.2 Å². The van der Waals surface area contributed by atoms with Gasteiger partial charge in [0.15, 0.2) is 0 Å². The standard InChI is InChI=1S/C25H25N3O3S/c1-17-7-9-18(10-8-17)20-15-32-24-23(20)25(31)28(16-26-24)13-11-22(30)27-21(12-14-29)19-5-3-2-4-6-19/h2-10,15-16,21,29H,11-14H2,1H3,(H,27,30). The molecule has 4 aromatic rings. The summed E-state index contributed by atoms with van der Waals surface area (Å²) in [6, 6.07) is 17.3. The number of nitrogens with zero attached hydrogens (tertiary/aromatic N) is 2. The van der Waals surface area contributed by atoms with E-state index in [9.17, 15) is 14.7 Å². The van der Waals surface area contributed by atoms with Crippen molar-refractivity contribution in [3.05, 3.63) is 87.8 Å². The first kappa shape index (κ1) is 21.9. The molecule has 2 heterocycles. The van der Waals surface area contributed by atoms with Gasteiger partial charge in [0, 0.05) is 30.5 Å². The van der Waals surface area contributed by atoms with Crippen LogP contribution in [0.25, 0.3) is 21.3 Å². The number of aliphatic hydroxyl groups excluding tert-OH is 1. The average molecular weight is 448 g/mol.